The largest absolute Gasteiger partial charge is 0.469 e. The molecule has 2 rings (SSSR count). The molecular weight excluding hydrogens is 421 g/mol. The van der Waals surface area contributed by atoms with Crippen LogP contribution in [0.5, 0.6) is 0 Å². The summed E-state index contributed by atoms with van der Waals surface area (Å²) < 4.78 is 20.3. The first-order valence-corrected chi connectivity index (χ1v) is 11.1. The third-order valence-electron chi connectivity index (χ3n) is 5.22. The van der Waals surface area contributed by atoms with Crippen molar-refractivity contribution in [1.29, 1.82) is 0 Å². The highest BCUT2D eigenvalue weighted by Gasteiger charge is 2.18. The average Bonchev–Trinajstić information content (AvgIpc) is 3.11. The van der Waals surface area contributed by atoms with E-state index in [0.717, 1.165) is 28.0 Å². The molecule has 0 spiro atoms. The van der Waals surface area contributed by atoms with Gasteiger partial charge in [0.05, 0.1) is 25.7 Å². The minimum atomic E-state index is -1.01. The average molecular weight is 456 g/mol. The van der Waals surface area contributed by atoms with Gasteiger partial charge in [-0.25, -0.2) is 4.39 Å². The first kappa shape index (κ1) is 26.3. The summed E-state index contributed by atoms with van der Waals surface area (Å²) >= 11 is 0. The fourth-order valence-electron chi connectivity index (χ4n) is 3.67. The van der Waals surface area contributed by atoms with Gasteiger partial charge in [-0.1, -0.05) is 35.9 Å². The molecule has 33 heavy (non-hydrogen) atoms. The quantitative estimate of drug-likeness (QED) is 0.364. The number of ether oxygens (including phenoxy) is 1. The Labute approximate surface area is 195 Å². The molecule has 0 radical (unpaired) electrons. The summed E-state index contributed by atoms with van der Waals surface area (Å²) in [4.78, 5) is 11.3. The highest BCUT2D eigenvalue weighted by Crippen LogP contribution is 2.34. The van der Waals surface area contributed by atoms with Gasteiger partial charge in [0, 0.05) is 35.5 Å². The number of methoxy groups -OCH3 is 1. The van der Waals surface area contributed by atoms with Crippen molar-refractivity contribution in [1.82, 2.24) is 4.57 Å². The summed E-state index contributed by atoms with van der Waals surface area (Å²) in [5.41, 5.74) is 4.69. The molecule has 1 heterocycles. The fraction of sp³-hybridized carbons (Fsp3) is 0.370. The van der Waals surface area contributed by atoms with E-state index < -0.39 is 18.2 Å². The van der Waals surface area contributed by atoms with E-state index in [-0.39, 0.29) is 24.7 Å². The van der Waals surface area contributed by atoms with Gasteiger partial charge in [0.1, 0.15) is 5.82 Å². The Morgan fingerprint density at radius 2 is 1.88 bits per heavy atom. The van der Waals surface area contributed by atoms with Crippen LogP contribution in [-0.4, -0.2) is 40.1 Å². The lowest BCUT2D eigenvalue weighted by molar-refractivity contribution is -0.143. The molecule has 1 aromatic heterocycles. The van der Waals surface area contributed by atoms with E-state index in [1.165, 1.54) is 19.2 Å². The summed E-state index contributed by atoms with van der Waals surface area (Å²) in [6.45, 7) is 8.11. The van der Waals surface area contributed by atoms with E-state index in [2.05, 4.69) is 35.4 Å². The highest BCUT2D eigenvalue weighted by molar-refractivity contribution is 5.83. The monoisotopic (exact) mass is 455 g/mol. The zero-order valence-electron chi connectivity index (χ0n) is 20.0. The molecule has 0 aliphatic heterocycles. The van der Waals surface area contributed by atoms with Crippen LogP contribution in [0.2, 0.25) is 0 Å². The molecule has 2 atom stereocenters. The molecule has 6 heteroatoms. The summed E-state index contributed by atoms with van der Waals surface area (Å²) in [5, 5.41) is 20.5. The Morgan fingerprint density at radius 1 is 1.21 bits per heavy atom. The maximum Gasteiger partial charge on any atom is 0.308 e. The number of rotatable bonds is 10. The smallest absolute Gasteiger partial charge is 0.308 e. The van der Waals surface area contributed by atoms with Crippen LogP contribution in [0.15, 0.2) is 54.3 Å². The van der Waals surface area contributed by atoms with Gasteiger partial charge in [-0.15, -0.1) is 0 Å². The number of hydrogen-bond donors (Lipinski definition) is 2. The Bertz CT molecular complexity index is 1020. The van der Waals surface area contributed by atoms with Crippen molar-refractivity contribution in [2.24, 2.45) is 0 Å². The van der Waals surface area contributed by atoms with Crippen molar-refractivity contribution in [2.75, 3.05) is 7.11 Å². The number of aliphatic hydroxyl groups excluding tert-OH is 2. The minimum Gasteiger partial charge on any atom is -0.469 e. The van der Waals surface area contributed by atoms with Gasteiger partial charge in [-0.2, -0.15) is 0 Å². The number of benzene rings is 1. The van der Waals surface area contributed by atoms with E-state index in [0.29, 0.717) is 0 Å². The summed E-state index contributed by atoms with van der Waals surface area (Å²) in [6.07, 6.45) is 9.40. The lowest BCUT2D eigenvalue weighted by Crippen LogP contribution is -2.20. The van der Waals surface area contributed by atoms with Crippen molar-refractivity contribution in [3.63, 3.8) is 0 Å². The molecule has 2 N–H and O–H groups in total. The molecule has 0 amide bonds. The SMILES string of the molecule is C/C=C\C(C)=C/c1cn(C(C)C)c(/C=C/C(O)CC(O)CC(=O)OC)c1-c1ccc(F)cc1. The summed E-state index contributed by atoms with van der Waals surface area (Å²) in [6, 6.07) is 6.48. The number of carbonyl (C=O) groups excluding carboxylic acids is 1. The van der Waals surface area contributed by atoms with Crippen LogP contribution in [0.3, 0.4) is 0 Å². The normalized spacial score (nSPS) is 14.4. The van der Waals surface area contributed by atoms with Crippen molar-refractivity contribution >= 4 is 18.1 Å². The van der Waals surface area contributed by atoms with Gasteiger partial charge in [0.15, 0.2) is 0 Å². The second-order valence-corrected chi connectivity index (χ2v) is 8.34. The van der Waals surface area contributed by atoms with Crippen molar-refractivity contribution < 1.29 is 24.1 Å². The van der Waals surface area contributed by atoms with Crippen LogP contribution >= 0.6 is 0 Å². The zero-order valence-corrected chi connectivity index (χ0v) is 20.0. The Balaban J connectivity index is 2.51. The zero-order chi connectivity index (χ0) is 24.5. The van der Waals surface area contributed by atoms with Crippen LogP contribution in [0.1, 0.15) is 57.8 Å². The second-order valence-electron chi connectivity index (χ2n) is 8.34. The van der Waals surface area contributed by atoms with Gasteiger partial charge in [0.2, 0.25) is 0 Å². The Hall–Kier alpha value is -2.96. The number of nitrogens with zero attached hydrogens (tertiary/aromatic N) is 1. The molecule has 178 valence electrons. The topological polar surface area (TPSA) is 71.7 Å². The lowest BCUT2D eigenvalue weighted by atomic mass is 9.99. The number of carbonyl (C=O) groups is 1. The van der Waals surface area contributed by atoms with E-state index >= 15 is 0 Å². The molecule has 0 saturated heterocycles. The molecule has 2 aromatic rings. The first-order valence-electron chi connectivity index (χ1n) is 11.1. The van der Waals surface area contributed by atoms with Gasteiger partial charge in [-0.3, -0.25) is 4.79 Å². The van der Waals surface area contributed by atoms with E-state index in [1.807, 2.05) is 32.1 Å². The lowest BCUT2D eigenvalue weighted by Gasteiger charge is -2.14. The molecular formula is C27H34FNO4. The molecule has 1 aromatic carbocycles. The second kappa shape index (κ2) is 12.3. The van der Waals surface area contributed by atoms with Gasteiger partial charge < -0.3 is 19.5 Å². The fourth-order valence-corrected chi connectivity index (χ4v) is 3.67. The molecule has 0 aliphatic carbocycles. The van der Waals surface area contributed by atoms with E-state index in [1.54, 1.807) is 18.2 Å². The van der Waals surface area contributed by atoms with Crippen LogP contribution in [-0.2, 0) is 9.53 Å². The van der Waals surface area contributed by atoms with Crippen LogP contribution < -0.4 is 0 Å². The van der Waals surface area contributed by atoms with Crippen LogP contribution in [0.4, 0.5) is 4.39 Å². The predicted molar refractivity (Wildman–Crippen MR) is 131 cm³/mol. The predicted octanol–water partition coefficient (Wildman–Crippen LogP) is 5.54. The van der Waals surface area contributed by atoms with Gasteiger partial charge in [0.25, 0.3) is 0 Å². The number of esters is 1. The number of allylic oxidation sites excluding steroid dienone is 3. The molecule has 5 nitrogen and oxygen atoms in total. The third kappa shape index (κ3) is 7.55. The van der Waals surface area contributed by atoms with E-state index in [9.17, 15) is 19.4 Å². The first-order chi connectivity index (χ1) is 15.7. The number of halogens is 1. The number of aromatic nitrogens is 1. The molecule has 0 fully saturated rings. The summed E-state index contributed by atoms with van der Waals surface area (Å²) in [5.74, 6) is -0.838. The van der Waals surface area contributed by atoms with E-state index in [4.69, 9.17) is 0 Å². The molecule has 2 unspecified atom stereocenters. The molecule has 0 bridgehead atoms. The maximum atomic E-state index is 13.6. The number of hydrogen-bond acceptors (Lipinski definition) is 4. The van der Waals surface area contributed by atoms with Gasteiger partial charge >= 0.3 is 5.97 Å². The van der Waals surface area contributed by atoms with Crippen molar-refractivity contribution in [2.45, 2.75) is 58.8 Å². The standard InChI is InChI=1S/C27H34FNO4/c1-6-7-19(4)14-21-17-29(18(2)3)25(27(21)20-8-10-22(28)11-9-20)13-12-23(30)15-24(31)16-26(32)33-5/h6-14,17-18,23-24,30-31H,15-16H2,1-5H3/b7-6-,13-12+,19-14-. The number of aliphatic hydroxyl groups is 2. The van der Waals surface area contributed by atoms with Gasteiger partial charge in [-0.05, 0) is 57.5 Å². The minimum absolute atomic E-state index is 0.00698. The Kier molecular flexibility index (Phi) is 9.82. The Morgan fingerprint density at radius 3 is 2.45 bits per heavy atom. The summed E-state index contributed by atoms with van der Waals surface area (Å²) in [7, 11) is 1.26. The van der Waals surface area contributed by atoms with Crippen molar-refractivity contribution in [3.8, 4) is 11.1 Å². The van der Waals surface area contributed by atoms with Crippen molar-refractivity contribution in [3.05, 3.63) is 71.3 Å². The van der Waals surface area contributed by atoms with Crippen LogP contribution in [0, 0.1) is 5.82 Å². The maximum absolute atomic E-state index is 13.6. The molecule has 0 aliphatic rings. The molecule has 0 saturated carbocycles. The van der Waals surface area contributed by atoms with Crippen LogP contribution in [0.25, 0.3) is 23.3 Å². The highest BCUT2D eigenvalue weighted by atomic mass is 19.1. The third-order valence-corrected chi connectivity index (χ3v) is 5.22.